The maximum Gasteiger partial charge on any atom is 0.255 e. The molecule has 3 amide bonds. The maximum atomic E-state index is 15.1. The van der Waals surface area contributed by atoms with Crippen LogP contribution in [-0.4, -0.2) is 51.6 Å². The molecule has 1 N–H and O–H groups in total. The van der Waals surface area contributed by atoms with Crippen molar-refractivity contribution in [2.24, 2.45) is 0 Å². The number of fused-ring (bicyclic) bond motifs is 1. The third-order valence-corrected chi connectivity index (χ3v) is 7.00. The summed E-state index contributed by atoms with van der Waals surface area (Å²) in [6.45, 7) is 4.76. The van der Waals surface area contributed by atoms with Crippen LogP contribution in [0.1, 0.15) is 64.5 Å². The Morgan fingerprint density at radius 2 is 1.91 bits per heavy atom. The molecule has 0 aliphatic carbocycles. The average molecular weight is 451 g/mol. The Morgan fingerprint density at radius 3 is 2.64 bits per heavy atom. The lowest BCUT2D eigenvalue weighted by Crippen LogP contribution is -2.52. The number of pyridine rings is 1. The van der Waals surface area contributed by atoms with Crippen LogP contribution in [0.25, 0.3) is 0 Å². The molecule has 33 heavy (non-hydrogen) atoms. The van der Waals surface area contributed by atoms with E-state index in [1.54, 1.807) is 0 Å². The largest absolute Gasteiger partial charge is 0.322 e. The van der Waals surface area contributed by atoms with Gasteiger partial charge in [-0.2, -0.15) is 0 Å². The van der Waals surface area contributed by atoms with E-state index in [4.69, 9.17) is 0 Å². The topological polar surface area (TPSA) is 82.6 Å². The first-order chi connectivity index (χ1) is 15.9. The predicted molar refractivity (Wildman–Crippen MR) is 119 cm³/mol. The van der Waals surface area contributed by atoms with Crippen molar-refractivity contribution in [1.29, 1.82) is 0 Å². The van der Waals surface area contributed by atoms with Crippen LogP contribution in [0.3, 0.4) is 0 Å². The number of piperidine rings is 2. The summed E-state index contributed by atoms with van der Waals surface area (Å²) in [6.07, 6.45) is 2.18. The Hall–Kier alpha value is -3.13. The summed E-state index contributed by atoms with van der Waals surface area (Å²) in [4.78, 5) is 45.0. The smallest absolute Gasteiger partial charge is 0.255 e. The standard InChI is InChI=1S/C25H27FN4O3/c1-15-3-2-4-18(27-15)14-29-9-7-16(8-10-29)19-11-17-13-30(25(33)20(17)12-21(19)26)22-5-6-23(31)28-24(22)32/h2-4,11-12,16,22H,5-10,13-14H2,1H3,(H,28,31,32). The molecule has 5 rings (SSSR count). The number of hydrogen-bond donors (Lipinski definition) is 1. The van der Waals surface area contributed by atoms with Gasteiger partial charge in [-0.25, -0.2) is 4.39 Å². The molecule has 1 unspecified atom stereocenters. The SMILES string of the molecule is Cc1cccc(CN2CCC(c3cc4c(cc3F)C(=O)N(C3CCC(=O)NC3=O)C4)CC2)n1. The number of benzene rings is 1. The fraction of sp³-hybridized carbons (Fsp3) is 0.440. The Bertz CT molecular complexity index is 1130. The van der Waals surface area contributed by atoms with Crippen molar-refractivity contribution in [2.75, 3.05) is 13.1 Å². The highest BCUT2D eigenvalue weighted by molar-refractivity contribution is 6.05. The molecule has 4 heterocycles. The Balaban J connectivity index is 1.27. The first kappa shape index (κ1) is 21.7. The van der Waals surface area contributed by atoms with Gasteiger partial charge in [-0.15, -0.1) is 0 Å². The minimum absolute atomic E-state index is 0.0942. The van der Waals surface area contributed by atoms with Gasteiger partial charge >= 0.3 is 0 Å². The molecule has 8 heteroatoms. The second-order valence-electron chi connectivity index (χ2n) is 9.25. The van der Waals surface area contributed by atoms with E-state index in [-0.39, 0.29) is 36.5 Å². The lowest BCUT2D eigenvalue weighted by molar-refractivity contribution is -0.136. The van der Waals surface area contributed by atoms with Crippen LogP contribution < -0.4 is 5.32 Å². The van der Waals surface area contributed by atoms with Crippen molar-refractivity contribution in [2.45, 2.75) is 57.7 Å². The summed E-state index contributed by atoms with van der Waals surface area (Å²) < 4.78 is 15.1. The summed E-state index contributed by atoms with van der Waals surface area (Å²) in [5.41, 5.74) is 3.78. The third-order valence-electron chi connectivity index (χ3n) is 7.00. The highest BCUT2D eigenvalue weighted by atomic mass is 19.1. The number of aryl methyl sites for hydroxylation is 1. The van der Waals surface area contributed by atoms with Gasteiger partial charge < -0.3 is 4.90 Å². The van der Waals surface area contributed by atoms with Gasteiger partial charge in [-0.3, -0.25) is 29.6 Å². The summed E-state index contributed by atoms with van der Waals surface area (Å²) >= 11 is 0. The number of imide groups is 1. The minimum Gasteiger partial charge on any atom is -0.322 e. The van der Waals surface area contributed by atoms with Crippen molar-refractivity contribution in [1.82, 2.24) is 20.1 Å². The molecular weight excluding hydrogens is 423 g/mol. The zero-order valence-electron chi connectivity index (χ0n) is 18.6. The first-order valence-corrected chi connectivity index (χ1v) is 11.5. The minimum atomic E-state index is -0.687. The Morgan fingerprint density at radius 1 is 1.12 bits per heavy atom. The molecule has 0 saturated carbocycles. The summed E-state index contributed by atoms with van der Waals surface area (Å²) in [6, 6.07) is 8.50. The van der Waals surface area contributed by atoms with Crippen LogP contribution in [0, 0.1) is 12.7 Å². The molecule has 1 atom stereocenters. The van der Waals surface area contributed by atoms with Gasteiger partial charge in [0, 0.05) is 30.8 Å². The third kappa shape index (κ3) is 4.27. The van der Waals surface area contributed by atoms with Crippen LogP contribution in [0.2, 0.25) is 0 Å². The van der Waals surface area contributed by atoms with Crippen molar-refractivity contribution < 1.29 is 18.8 Å². The molecule has 1 aromatic heterocycles. The summed E-state index contributed by atoms with van der Waals surface area (Å²) in [5.74, 6) is -1.38. The molecule has 2 aromatic rings. The molecule has 3 aliphatic rings. The molecule has 2 saturated heterocycles. The van der Waals surface area contributed by atoms with Gasteiger partial charge in [-0.05, 0) is 74.5 Å². The number of rotatable bonds is 4. The first-order valence-electron chi connectivity index (χ1n) is 11.5. The molecule has 2 fully saturated rings. The Kier molecular flexibility index (Phi) is 5.70. The zero-order chi connectivity index (χ0) is 23.1. The van der Waals surface area contributed by atoms with E-state index in [0.29, 0.717) is 17.5 Å². The average Bonchev–Trinajstić information content (AvgIpc) is 3.09. The molecule has 3 aliphatic heterocycles. The highest BCUT2D eigenvalue weighted by Gasteiger charge is 2.40. The lowest BCUT2D eigenvalue weighted by atomic mass is 9.87. The number of likely N-dealkylation sites (tertiary alicyclic amines) is 1. The van der Waals surface area contributed by atoms with Crippen LogP contribution in [0.4, 0.5) is 4.39 Å². The summed E-state index contributed by atoms with van der Waals surface area (Å²) in [5, 5.41) is 2.30. The van der Waals surface area contributed by atoms with Gasteiger partial charge in [0.05, 0.1) is 5.69 Å². The molecule has 172 valence electrons. The lowest BCUT2D eigenvalue weighted by Gasteiger charge is -2.32. The number of hydrogen-bond acceptors (Lipinski definition) is 5. The molecule has 0 radical (unpaired) electrons. The molecule has 1 aromatic carbocycles. The van der Waals surface area contributed by atoms with Crippen molar-refractivity contribution in [3.8, 4) is 0 Å². The van der Waals surface area contributed by atoms with Gasteiger partial charge in [-0.1, -0.05) is 12.1 Å². The van der Waals surface area contributed by atoms with Crippen molar-refractivity contribution in [3.05, 3.63) is 64.2 Å². The number of aromatic nitrogens is 1. The highest BCUT2D eigenvalue weighted by Crippen LogP contribution is 2.35. The molecular formula is C25H27FN4O3. The van der Waals surface area contributed by atoms with Crippen LogP contribution in [-0.2, 0) is 22.7 Å². The van der Waals surface area contributed by atoms with Crippen molar-refractivity contribution >= 4 is 17.7 Å². The monoisotopic (exact) mass is 450 g/mol. The van der Waals surface area contributed by atoms with Gasteiger partial charge in [0.2, 0.25) is 11.8 Å². The quantitative estimate of drug-likeness (QED) is 0.725. The van der Waals surface area contributed by atoms with Crippen LogP contribution in [0.15, 0.2) is 30.3 Å². The van der Waals surface area contributed by atoms with Crippen LogP contribution >= 0.6 is 0 Å². The molecule has 0 spiro atoms. The van der Waals surface area contributed by atoms with Gasteiger partial charge in [0.15, 0.2) is 0 Å². The normalized spacial score (nSPS) is 21.9. The Labute approximate surface area is 192 Å². The van der Waals surface area contributed by atoms with Crippen molar-refractivity contribution in [3.63, 3.8) is 0 Å². The number of amides is 3. The fourth-order valence-corrected chi connectivity index (χ4v) is 5.24. The van der Waals surface area contributed by atoms with E-state index < -0.39 is 11.9 Å². The van der Waals surface area contributed by atoms with E-state index in [9.17, 15) is 14.4 Å². The number of carbonyl (C=O) groups is 3. The maximum absolute atomic E-state index is 15.1. The molecule has 0 bridgehead atoms. The van der Waals surface area contributed by atoms with Gasteiger partial charge in [0.25, 0.3) is 5.91 Å². The number of nitrogens with one attached hydrogen (secondary N) is 1. The van der Waals surface area contributed by atoms with E-state index >= 15 is 4.39 Å². The predicted octanol–water partition coefficient (Wildman–Crippen LogP) is 2.67. The van der Waals surface area contributed by atoms with Crippen LogP contribution in [0.5, 0.6) is 0 Å². The zero-order valence-corrected chi connectivity index (χ0v) is 18.6. The molecule has 7 nitrogen and oxygen atoms in total. The number of carbonyl (C=O) groups excluding carboxylic acids is 3. The van der Waals surface area contributed by atoms with E-state index in [2.05, 4.69) is 15.2 Å². The second-order valence-corrected chi connectivity index (χ2v) is 9.25. The second kappa shape index (κ2) is 8.67. The summed E-state index contributed by atoms with van der Waals surface area (Å²) in [7, 11) is 0. The van der Waals surface area contributed by atoms with E-state index in [1.807, 2.05) is 31.2 Å². The van der Waals surface area contributed by atoms with E-state index in [1.165, 1.54) is 11.0 Å². The fourth-order valence-electron chi connectivity index (χ4n) is 5.24. The number of halogens is 1. The number of nitrogens with zero attached hydrogens (tertiary/aromatic N) is 3. The van der Waals surface area contributed by atoms with Gasteiger partial charge in [0.1, 0.15) is 11.9 Å². The van der Waals surface area contributed by atoms with E-state index in [0.717, 1.165) is 49.4 Å².